The van der Waals surface area contributed by atoms with Crippen LogP contribution in [0.25, 0.3) is 0 Å². The molecule has 1 N–H and O–H groups in total. The minimum Gasteiger partial charge on any atom is -0.346 e. The number of hydrogen-bond donors (Lipinski definition) is 1. The molecular weight excluding hydrogens is 192 g/mol. The van der Waals surface area contributed by atoms with Crippen molar-refractivity contribution in [3.8, 4) is 0 Å². The van der Waals surface area contributed by atoms with Crippen LogP contribution in [0.3, 0.4) is 0 Å². The molecule has 1 aliphatic rings. The summed E-state index contributed by atoms with van der Waals surface area (Å²) in [6, 6.07) is 1.93. The van der Waals surface area contributed by atoms with E-state index in [1.807, 2.05) is 6.07 Å². The maximum Gasteiger partial charge on any atom is 0.130 e. The zero-order valence-corrected chi connectivity index (χ0v) is 8.08. The van der Waals surface area contributed by atoms with Gasteiger partial charge < -0.3 is 4.98 Å². The first-order valence-corrected chi connectivity index (χ1v) is 4.90. The van der Waals surface area contributed by atoms with Gasteiger partial charge in [0.05, 0.1) is 5.88 Å². The fraction of sp³-hybridized carbons (Fsp3) is 0.500. The van der Waals surface area contributed by atoms with Crippen LogP contribution in [0.15, 0.2) is 6.07 Å². The largest absolute Gasteiger partial charge is 0.346 e. The van der Waals surface area contributed by atoms with Gasteiger partial charge in [-0.05, 0) is 24.8 Å². The molecule has 0 atom stereocenters. The van der Waals surface area contributed by atoms with Gasteiger partial charge in [-0.2, -0.15) is 0 Å². The van der Waals surface area contributed by atoms with Crippen LogP contribution < -0.4 is 0 Å². The molecule has 1 saturated carbocycles. The van der Waals surface area contributed by atoms with E-state index in [9.17, 15) is 0 Å². The molecule has 1 fully saturated rings. The summed E-state index contributed by atoms with van der Waals surface area (Å²) in [4.78, 5) is 7.28. The molecule has 0 unspecified atom stereocenters. The van der Waals surface area contributed by atoms with Crippen molar-refractivity contribution in [2.24, 2.45) is 0 Å². The van der Waals surface area contributed by atoms with E-state index < -0.39 is 0 Å². The van der Waals surface area contributed by atoms with Crippen molar-refractivity contribution in [1.29, 1.82) is 0 Å². The minimum absolute atomic E-state index is 0.407. The molecule has 0 spiro atoms. The molecule has 12 heavy (non-hydrogen) atoms. The number of halogens is 1. The second-order valence-electron chi connectivity index (χ2n) is 3.03. The van der Waals surface area contributed by atoms with Gasteiger partial charge in [-0.15, -0.1) is 11.6 Å². The molecule has 0 aliphatic heterocycles. The summed E-state index contributed by atoms with van der Waals surface area (Å²) >= 11 is 10.7. The van der Waals surface area contributed by atoms with Gasteiger partial charge in [0.1, 0.15) is 10.5 Å². The molecule has 0 aromatic carbocycles. The van der Waals surface area contributed by atoms with Gasteiger partial charge in [-0.1, -0.05) is 12.2 Å². The molecular formula is C8H9ClN2S. The molecule has 0 saturated heterocycles. The molecule has 2 nitrogen and oxygen atoms in total. The maximum absolute atomic E-state index is 5.66. The third-order valence-corrected chi connectivity index (χ3v) is 2.42. The zero-order valence-electron chi connectivity index (χ0n) is 6.51. The SMILES string of the molecule is S=c1cc(C2CC2)[nH]c(CCl)n1. The van der Waals surface area contributed by atoms with Gasteiger partial charge in [0.15, 0.2) is 0 Å². The number of aromatic amines is 1. The summed E-state index contributed by atoms with van der Waals surface area (Å²) in [6.45, 7) is 0. The molecule has 2 rings (SSSR count). The van der Waals surface area contributed by atoms with E-state index >= 15 is 0 Å². The summed E-state index contributed by atoms with van der Waals surface area (Å²) < 4.78 is 0.645. The summed E-state index contributed by atoms with van der Waals surface area (Å²) in [6.07, 6.45) is 2.52. The predicted molar refractivity (Wildman–Crippen MR) is 51.0 cm³/mol. The Bertz CT molecular complexity index is 343. The Morgan fingerprint density at radius 1 is 1.67 bits per heavy atom. The molecule has 1 heterocycles. The smallest absolute Gasteiger partial charge is 0.130 e. The molecule has 0 bridgehead atoms. The van der Waals surface area contributed by atoms with E-state index in [1.54, 1.807) is 0 Å². The summed E-state index contributed by atoms with van der Waals surface area (Å²) in [5.74, 6) is 1.87. The third kappa shape index (κ3) is 1.67. The maximum atomic E-state index is 5.66. The van der Waals surface area contributed by atoms with Crippen molar-refractivity contribution in [3.05, 3.63) is 22.2 Å². The number of hydrogen-bond acceptors (Lipinski definition) is 2. The fourth-order valence-electron chi connectivity index (χ4n) is 1.21. The van der Waals surface area contributed by atoms with E-state index in [2.05, 4.69) is 9.97 Å². The molecule has 1 aromatic heterocycles. The number of alkyl halides is 1. The van der Waals surface area contributed by atoms with Crippen molar-refractivity contribution in [2.75, 3.05) is 0 Å². The second kappa shape index (κ2) is 3.15. The second-order valence-corrected chi connectivity index (χ2v) is 3.71. The lowest BCUT2D eigenvalue weighted by molar-refractivity contribution is 0.923. The Morgan fingerprint density at radius 2 is 2.42 bits per heavy atom. The number of aromatic nitrogens is 2. The highest BCUT2D eigenvalue weighted by atomic mass is 35.5. The minimum atomic E-state index is 0.407. The normalized spacial score (nSPS) is 16.4. The Kier molecular flexibility index (Phi) is 2.15. The van der Waals surface area contributed by atoms with Crippen LogP contribution >= 0.6 is 23.8 Å². The number of nitrogens with zero attached hydrogens (tertiary/aromatic N) is 1. The van der Waals surface area contributed by atoms with Crippen LogP contribution in [-0.2, 0) is 5.88 Å². The molecule has 4 heteroatoms. The Hall–Kier alpha value is -0.410. The Balaban J connectivity index is 2.41. The standard InChI is InChI=1S/C8H9ClN2S/c9-4-7-10-6(5-1-2-5)3-8(12)11-7/h3,5H,1-2,4H2,(H,10,11,12). The topological polar surface area (TPSA) is 28.7 Å². The lowest BCUT2D eigenvalue weighted by Gasteiger charge is -2.00. The number of nitrogens with one attached hydrogen (secondary N) is 1. The Morgan fingerprint density at radius 3 is 3.00 bits per heavy atom. The van der Waals surface area contributed by atoms with Gasteiger partial charge in [0.25, 0.3) is 0 Å². The highest BCUT2D eigenvalue weighted by Crippen LogP contribution is 2.38. The lowest BCUT2D eigenvalue weighted by atomic mass is 10.3. The van der Waals surface area contributed by atoms with Crippen molar-refractivity contribution < 1.29 is 0 Å². The van der Waals surface area contributed by atoms with Crippen molar-refractivity contribution in [1.82, 2.24) is 9.97 Å². The first-order valence-electron chi connectivity index (χ1n) is 3.95. The third-order valence-electron chi connectivity index (χ3n) is 1.96. The summed E-state index contributed by atoms with van der Waals surface area (Å²) in [5, 5.41) is 0. The quantitative estimate of drug-likeness (QED) is 0.588. The van der Waals surface area contributed by atoms with E-state index in [-0.39, 0.29) is 0 Å². The van der Waals surface area contributed by atoms with Crippen LogP contribution in [-0.4, -0.2) is 9.97 Å². The summed E-state index contributed by atoms with van der Waals surface area (Å²) in [5.41, 5.74) is 1.20. The van der Waals surface area contributed by atoms with E-state index in [0.29, 0.717) is 16.4 Å². The van der Waals surface area contributed by atoms with Crippen LogP contribution in [0.2, 0.25) is 0 Å². The number of rotatable bonds is 2. The van der Waals surface area contributed by atoms with Crippen LogP contribution in [0.4, 0.5) is 0 Å². The van der Waals surface area contributed by atoms with Crippen molar-refractivity contribution >= 4 is 23.8 Å². The Labute approximate surface area is 81.0 Å². The van der Waals surface area contributed by atoms with E-state index in [0.717, 1.165) is 5.82 Å². The highest BCUT2D eigenvalue weighted by molar-refractivity contribution is 7.71. The molecule has 0 radical (unpaired) electrons. The fourth-order valence-corrected chi connectivity index (χ4v) is 1.57. The lowest BCUT2D eigenvalue weighted by Crippen LogP contribution is -1.95. The van der Waals surface area contributed by atoms with Crippen LogP contribution in [0.5, 0.6) is 0 Å². The molecule has 0 amide bonds. The zero-order chi connectivity index (χ0) is 8.55. The molecule has 1 aromatic rings. The number of H-pyrrole nitrogens is 1. The van der Waals surface area contributed by atoms with Crippen LogP contribution in [0, 0.1) is 4.64 Å². The van der Waals surface area contributed by atoms with Gasteiger partial charge in [0.2, 0.25) is 0 Å². The highest BCUT2D eigenvalue weighted by Gasteiger charge is 2.24. The average molecular weight is 201 g/mol. The van der Waals surface area contributed by atoms with Crippen molar-refractivity contribution in [2.45, 2.75) is 24.6 Å². The average Bonchev–Trinajstić information content (AvgIpc) is 2.85. The monoisotopic (exact) mass is 200 g/mol. The summed E-state index contributed by atoms with van der Waals surface area (Å²) in [7, 11) is 0. The first kappa shape index (κ1) is 8.20. The van der Waals surface area contributed by atoms with Gasteiger partial charge in [-0.3, -0.25) is 0 Å². The van der Waals surface area contributed by atoms with Gasteiger partial charge in [-0.25, -0.2) is 4.98 Å². The van der Waals surface area contributed by atoms with Gasteiger partial charge in [0, 0.05) is 5.69 Å². The molecule has 64 valence electrons. The molecule has 1 aliphatic carbocycles. The van der Waals surface area contributed by atoms with Crippen molar-refractivity contribution in [3.63, 3.8) is 0 Å². The van der Waals surface area contributed by atoms with E-state index in [1.165, 1.54) is 18.5 Å². The first-order chi connectivity index (χ1) is 5.79. The van der Waals surface area contributed by atoms with E-state index in [4.69, 9.17) is 23.8 Å². The van der Waals surface area contributed by atoms with Gasteiger partial charge >= 0.3 is 0 Å². The van der Waals surface area contributed by atoms with Crippen LogP contribution in [0.1, 0.15) is 30.3 Å². The predicted octanol–water partition coefficient (Wildman–Crippen LogP) is 2.76.